The van der Waals surface area contributed by atoms with E-state index in [9.17, 15) is 4.79 Å². The van der Waals surface area contributed by atoms with Gasteiger partial charge in [-0.25, -0.2) is 0 Å². The van der Waals surface area contributed by atoms with E-state index in [0.717, 1.165) is 12.8 Å². The molecule has 0 unspecified atom stereocenters. The second-order valence-electron chi connectivity index (χ2n) is 4.60. The van der Waals surface area contributed by atoms with Gasteiger partial charge in [-0.3, -0.25) is 4.79 Å². The Balaban J connectivity index is 1.70. The maximum Gasteiger partial charge on any atom is 0.314 e. The molecule has 3 aliphatic rings. The molecule has 3 heterocycles. The van der Waals surface area contributed by atoms with E-state index in [1.54, 1.807) is 0 Å². The standard InChI is InChI=1S/C12H16O4/c1-2-3-6-14-12-10-8-5-4-7(15-8)9(10)11(13)16-12/h2-3,7-10,12H,4-6H2,1H3/b3-2+/t7-,8+,9-,10+,12+/m1/s1. The van der Waals surface area contributed by atoms with Crippen molar-refractivity contribution >= 4 is 5.97 Å². The number of esters is 1. The first-order chi connectivity index (χ1) is 7.81. The summed E-state index contributed by atoms with van der Waals surface area (Å²) < 4.78 is 16.6. The number of cyclic esters (lactones) is 1. The maximum atomic E-state index is 11.7. The summed E-state index contributed by atoms with van der Waals surface area (Å²) in [6.07, 6.45) is 5.70. The minimum atomic E-state index is -0.399. The number of hydrogen-bond acceptors (Lipinski definition) is 4. The summed E-state index contributed by atoms with van der Waals surface area (Å²) in [7, 11) is 0. The first-order valence-electron chi connectivity index (χ1n) is 5.90. The van der Waals surface area contributed by atoms with Crippen molar-refractivity contribution in [3.05, 3.63) is 12.2 Å². The maximum absolute atomic E-state index is 11.7. The topological polar surface area (TPSA) is 44.8 Å². The van der Waals surface area contributed by atoms with E-state index in [1.807, 2.05) is 19.1 Å². The average molecular weight is 224 g/mol. The van der Waals surface area contributed by atoms with Gasteiger partial charge >= 0.3 is 5.97 Å². The van der Waals surface area contributed by atoms with Crippen LogP contribution >= 0.6 is 0 Å². The summed E-state index contributed by atoms with van der Waals surface area (Å²) in [6.45, 7) is 2.43. The van der Waals surface area contributed by atoms with Crippen LogP contribution in [0.2, 0.25) is 0 Å². The molecule has 3 aliphatic heterocycles. The van der Waals surface area contributed by atoms with E-state index in [2.05, 4.69) is 0 Å². The highest BCUT2D eigenvalue weighted by atomic mass is 16.7. The fourth-order valence-corrected chi connectivity index (χ4v) is 3.03. The SMILES string of the molecule is C/C=C/CO[C@H]1OC(=O)[C@H]2[C@@H]1[C@@H]1CC[C@H]2O1. The zero-order valence-electron chi connectivity index (χ0n) is 9.30. The predicted molar refractivity (Wildman–Crippen MR) is 55.5 cm³/mol. The highest BCUT2D eigenvalue weighted by molar-refractivity contribution is 5.76. The van der Waals surface area contributed by atoms with Crippen molar-refractivity contribution in [2.75, 3.05) is 6.61 Å². The highest BCUT2D eigenvalue weighted by Crippen LogP contribution is 2.49. The molecule has 0 aromatic carbocycles. The van der Waals surface area contributed by atoms with Crippen LogP contribution in [0.3, 0.4) is 0 Å². The molecule has 4 nitrogen and oxygen atoms in total. The molecule has 88 valence electrons. The smallest absolute Gasteiger partial charge is 0.314 e. The molecule has 0 radical (unpaired) electrons. The zero-order chi connectivity index (χ0) is 11.1. The summed E-state index contributed by atoms with van der Waals surface area (Å²) in [5, 5.41) is 0. The molecule has 16 heavy (non-hydrogen) atoms. The van der Waals surface area contributed by atoms with Gasteiger partial charge in [0.05, 0.1) is 30.7 Å². The van der Waals surface area contributed by atoms with E-state index < -0.39 is 6.29 Å². The first-order valence-corrected chi connectivity index (χ1v) is 5.90. The summed E-state index contributed by atoms with van der Waals surface area (Å²) >= 11 is 0. The number of carbonyl (C=O) groups excluding carboxylic acids is 1. The number of fused-ring (bicyclic) bond motifs is 5. The van der Waals surface area contributed by atoms with Gasteiger partial charge in [0, 0.05) is 0 Å². The van der Waals surface area contributed by atoms with Gasteiger partial charge < -0.3 is 14.2 Å². The monoisotopic (exact) mass is 224 g/mol. The Kier molecular flexibility index (Phi) is 2.48. The Hall–Kier alpha value is -0.870. The predicted octanol–water partition coefficient (Wildman–Crippen LogP) is 1.26. The highest BCUT2D eigenvalue weighted by Gasteiger charge is 2.61. The van der Waals surface area contributed by atoms with Crippen molar-refractivity contribution in [1.82, 2.24) is 0 Å². The molecule has 4 heteroatoms. The lowest BCUT2D eigenvalue weighted by atomic mass is 9.81. The second-order valence-corrected chi connectivity index (χ2v) is 4.60. The molecule has 3 rings (SSSR count). The summed E-state index contributed by atoms with van der Waals surface area (Å²) in [5.74, 6) is -0.0893. The molecule has 2 bridgehead atoms. The van der Waals surface area contributed by atoms with Crippen LogP contribution < -0.4 is 0 Å². The van der Waals surface area contributed by atoms with Crippen molar-refractivity contribution < 1.29 is 19.0 Å². The minimum Gasteiger partial charge on any atom is -0.435 e. The quantitative estimate of drug-likeness (QED) is 0.534. The molecule has 0 aromatic rings. The Morgan fingerprint density at radius 2 is 2.25 bits per heavy atom. The number of carbonyl (C=O) groups is 1. The summed E-state index contributed by atoms with van der Waals surface area (Å²) in [4.78, 5) is 11.7. The first kappa shape index (κ1) is 10.3. The van der Waals surface area contributed by atoms with Crippen LogP contribution in [0.25, 0.3) is 0 Å². The van der Waals surface area contributed by atoms with Gasteiger partial charge in [-0.05, 0) is 19.8 Å². The molecule has 0 amide bonds. The van der Waals surface area contributed by atoms with E-state index in [0.29, 0.717) is 6.61 Å². The van der Waals surface area contributed by atoms with Crippen molar-refractivity contribution in [2.24, 2.45) is 11.8 Å². The Bertz CT molecular complexity index is 325. The van der Waals surface area contributed by atoms with Crippen LogP contribution in [0.5, 0.6) is 0 Å². The largest absolute Gasteiger partial charge is 0.435 e. The van der Waals surface area contributed by atoms with Crippen LogP contribution in [0.1, 0.15) is 19.8 Å². The molecule has 3 saturated heterocycles. The van der Waals surface area contributed by atoms with Gasteiger partial charge in [0.25, 0.3) is 0 Å². The Labute approximate surface area is 94.5 Å². The number of ether oxygens (including phenoxy) is 3. The van der Waals surface area contributed by atoms with Crippen LogP contribution in [0.4, 0.5) is 0 Å². The molecule has 3 fully saturated rings. The van der Waals surface area contributed by atoms with Crippen molar-refractivity contribution in [3.63, 3.8) is 0 Å². The molecule has 0 aromatic heterocycles. The van der Waals surface area contributed by atoms with Gasteiger partial charge in [-0.15, -0.1) is 0 Å². The van der Waals surface area contributed by atoms with Gasteiger partial charge in [0.2, 0.25) is 6.29 Å². The lowest BCUT2D eigenvalue weighted by molar-refractivity contribution is -0.171. The fraction of sp³-hybridized carbons (Fsp3) is 0.750. The molecule has 0 spiro atoms. The molecule has 5 atom stereocenters. The lowest BCUT2D eigenvalue weighted by Crippen LogP contribution is -2.32. The minimum absolute atomic E-state index is 0.0747. The third-order valence-electron chi connectivity index (χ3n) is 3.74. The van der Waals surface area contributed by atoms with Crippen molar-refractivity contribution in [1.29, 1.82) is 0 Å². The van der Waals surface area contributed by atoms with Crippen molar-refractivity contribution in [3.8, 4) is 0 Å². The molecular weight excluding hydrogens is 208 g/mol. The third-order valence-corrected chi connectivity index (χ3v) is 3.74. The molecular formula is C12H16O4. The number of hydrogen-bond donors (Lipinski definition) is 0. The number of allylic oxidation sites excluding steroid dienone is 1. The van der Waals surface area contributed by atoms with Crippen LogP contribution in [-0.4, -0.2) is 31.1 Å². The van der Waals surface area contributed by atoms with E-state index >= 15 is 0 Å². The molecule has 0 aliphatic carbocycles. The normalized spacial score (nSPS) is 45.3. The lowest BCUT2D eigenvalue weighted by Gasteiger charge is -2.21. The van der Waals surface area contributed by atoms with Gasteiger partial charge in [-0.1, -0.05) is 12.2 Å². The Morgan fingerprint density at radius 1 is 1.44 bits per heavy atom. The van der Waals surface area contributed by atoms with Crippen LogP contribution in [0, 0.1) is 11.8 Å². The van der Waals surface area contributed by atoms with E-state index in [-0.39, 0.29) is 30.0 Å². The fourth-order valence-electron chi connectivity index (χ4n) is 3.03. The summed E-state index contributed by atoms with van der Waals surface area (Å²) in [6, 6.07) is 0. The molecule has 0 saturated carbocycles. The Morgan fingerprint density at radius 3 is 3.06 bits per heavy atom. The van der Waals surface area contributed by atoms with Crippen LogP contribution in [-0.2, 0) is 19.0 Å². The van der Waals surface area contributed by atoms with E-state index in [1.165, 1.54) is 0 Å². The van der Waals surface area contributed by atoms with Gasteiger partial charge in [-0.2, -0.15) is 0 Å². The summed E-state index contributed by atoms with van der Waals surface area (Å²) in [5.41, 5.74) is 0. The zero-order valence-corrected chi connectivity index (χ0v) is 9.30. The van der Waals surface area contributed by atoms with Crippen molar-refractivity contribution in [2.45, 2.75) is 38.3 Å². The molecule has 0 N–H and O–H groups in total. The number of rotatable bonds is 3. The average Bonchev–Trinajstić information content (AvgIpc) is 2.92. The van der Waals surface area contributed by atoms with Gasteiger partial charge in [0.1, 0.15) is 0 Å². The second kappa shape index (κ2) is 3.86. The third kappa shape index (κ3) is 1.40. The van der Waals surface area contributed by atoms with E-state index in [4.69, 9.17) is 14.2 Å². The van der Waals surface area contributed by atoms with Gasteiger partial charge in [0.15, 0.2) is 0 Å². The van der Waals surface area contributed by atoms with Crippen LogP contribution in [0.15, 0.2) is 12.2 Å².